The number of nitrogens with one attached hydrogen (secondary N) is 1. The van der Waals surface area contributed by atoms with Crippen molar-refractivity contribution >= 4 is 40.1 Å². The summed E-state index contributed by atoms with van der Waals surface area (Å²) >= 11 is 0. The quantitative estimate of drug-likeness (QED) is 0.0895. The zero-order chi connectivity index (χ0) is 26.4. The highest BCUT2D eigenvalue weighted by Gasteiger charge is 2.17. The van der Waals surface area contributed by atoms with Gasteiger partial charge in [0, 0.05) is 6.07 Å². The number of methoxy groups -OCH3 is 1. The maximum Gasteiger partial charge on any atom is 0.344 e. The molecule has 0 aliphatic rings. The number of anilines is 1. The number of hydrogen-bond donors (Lipinski definition) is 1. The first-order valence-corrected chi connectivity index (χ1v) is 10.9. The number of fused-ring (bicyclic) bond motifs is 1. The fourth-order valence-electron chi connectivity index (χ4n) is 3.63. The summed E-state index contributed by atoms with van der Waals surface area (Å²) in [5, 5.41) is 24.7. The van der Waals surface area contributed by atoms with Crippen LogP contribution in [0.2, 0.25) is 0 Å². The fraction of sp³-hybridized carbons (Fsp3) is 0.0357. The third-order valence-corrected chi connectivity index (χ3v) is 5.40. The lowest BCUT2D eigenvalue weighted by molar-refractivity contribution is -0.384. The molecule has 4 aromatic carbocycles. The first-order chi connectivity index (χ1) is 17.9. The first kappa shape index (κ1) is 24.6. The van der Waals surface area contributed by atoms with Gasteiger partial charge in [0.1, 0.15) is 23.1 Å². The Morgan fingerprint density at radius 3 is 2.51 bits per heavy atom. The second-order valence-electron chi connectivity index (χ2n) is 7.75. The van der Waals surface area contributed by atoms with E-state index in [0.717, 1.165) is 10.8 Å². The third kappa shape index (κ3) is 5.61. The molecule has 1 N–H and O–H groups in total. The second kappa shape index (κ2) is 10.8. The van der Waals surface area contributed by atoms with Crippen LogP contribution >= 0.6 is 0 Å². The van der Waals surface area contributed by atoms with Crippen molar-refractivity contribution in [1.82, 2.24) is 0 Å². The number of nitro benzene ring substituents is 1. The van der Waals surface area contributed by atoms with Crippen LogP contribution in [0.4, 0.5) is 11.4 Å². The van der Waals surface area contributed by atoms with Crippen LogP contribution in [0.25, 0.3) is 16.8 Å². The Morgan fingerprint density at radius 1 is 1.00 bits per heavy atom. The van der Waals surface area contributed by atoms with Crippen LogP contribution in [0.5, 0.6) is 11.5 Å². The van der Waals surface area contributed by atoms with E-state index in [-0.39, 0.29) is 28.4 Å². The molecule has 0 radical (unpaired) electrons. The van der Waals surface area contributed by atoms with E-state index < -0.39 is 16.8 Å². The Labute approximate surface area is 211 Å². The van der Waals surface area contributed by atoms with Gasteiger partial charge in [-0.2, -0.15) is 5.26 Å². The number of ether oxygens (including phenoxy) is 2. The molecule has 4 rings (SSSR count). The maximum absolute atomic E-state index is 12.8. The standard InChI is InChI=1S/C28H19N3O6/c1-36-26-16-21(31(34)35)12-13-25(26)30-27(32)20(17-29)14-18-6-4-9-22(15-18)37-28(33)24-11-5-8-19-7-2-3-10-23(19)24/h2-16H,1H3,(H,30,32)/b20-14+. The molecule has 182 valence electrons. The number of nitrogens with zero attached hydrogens (tertiary/aromatic N) is 2. The lowest BCUT2D eigenvalue weighted by atomic mass is 10.0. The predicted molar refractivity (Wildman–Crippen MR) is 137 cm³/mol. The van der Waals surface area contributed by atoms with Crippen LogP contribution in [-0.2, 0) is 4.79 Å². The number of amides is 1. The average Bonchev–Trinajstić information content (AvgIpc) is 2.91. The Balaban J connectivity index is 1.54. The first-order valence-electron chi connectivity index (χ1n) is 10.9. The Kier molecular flexibility index (Phi) is 7.21. The van der Waals surface area contributed by atoms with Crippen molar-refractivity contribution in [2.75, 3.05) is 12.4 Å². The average molecular weight is 493 g/mol. The molecule has 0 aliphatic heterocycles. The molecule has 0 atom stereocenters. The molecule has 0 aliphatic carbocycles. The number of rotatable bonds is 7. The van der Waals surface area contributed by atoms with Gasteiger partial charge in [0.2, 0.25) is 0 Å². The number of hydrogen-bond acceptors (Lipinski definition) is 7. The van der Waals surface area contributed by atoms with E-state index >= 15 is 0 Å². The summed E-state index contributed by atoms with van der Waals surface area (Å²) in [7, 11) is 1.31. The van der Waals surface area contributed by atoms with Crippen molar-refractivity contribution in [3.05, 3.63) is 112 Å². The van der Waals surface area contributed by atoms with Crippen molar-refractivity contribution in [3.63, 3.8) is 0 Å². The van der Waals surface area contributed by atoms with Crippen LogP contribution in [-0.4, -0.2) is 23.9 Å². The Hall–Kier alpha value is -5.49. The van der Waals surface area contributed by atoms with Crippen LogP contribution in [0, 0.1) is 21.4 Å². The van der Waals surface area contributed by atoms with E-state index in [4.69, 9.17) is 9.47 Å². The van der Waals surface area contributed by atoms with E-state index in [1.54, 1.807) is 30.3 Å². The molecule has 9 heteroatoms. The number of carbonyl (C=O) groups is 2. The maximum atomic E-state index is 12.8. The van der Waals surface area contributed by atoms with E-state index in [1.807, 2.05) is 36.4 Å². The summed E-state index contributed by atoms with van der Waals surface area (Å²) in [6.07, 6.45) is 1.34. The van der Waals surface area contributed by atoms with Crippen LogP contribution < -0.4 is 14.8 Å². The van der Waals surface area contributed by atoms with Gasteiger partial charge in [-0.15, -0.1) is 0 Å². The molecule has 37 heavy (non-hydrogen) atoms. The van der Waals surface area contributed by atoms with Crippen LogP contribution in [0.1, 0.15) is 15.9 Å². The lowest BCUT2D eigenvalue weighted by Gasteiger charge is -2.10. The monoisotopic (exact) mass is 493 g/mol. The highest BCUT2D eigenvalue weighted by molar-refractivity contribution is 6.10. The molecule has 0 saturated heterocycles. The molecular weight excluding hydrogens is 474 g/mol. The van der Waals surface area contributed by atoms with Gasteiger partial charge in [-0.3, -0.25) is 14.9 Å². The fourth-order valence-corrected chi connectivity index (χ4v) is 3.63. The topological polar surface area (TPSA) is 132 Å². The minimum absolute atomic E-state index is 0.0715. The smallest absolute Gasteiger partial charge is 0.344 e. The third-order valence-electron chi connectivity index (χ3n) is 5.40. The highest BCUT2D eigenvalue weighted by atomic mass is 16.6. The van der Waals surface area contributed by atoms with Gasteiger partial charge >= 0.3 is 5.97 Å². The highest BCUT2D eigenvalue weighted by Crippen LogP contribution is 2.29. The van der Waals surface area contributed by atoms with Crippen LogP contribution in [0.3, 0.4) is 0 Å². The molecule has 1 amide bonds. The number of esters is 1. The molecule has 0 heterocycles. The number of nitro groups is 1. The lowest BCUT2D eigenvalue weighted by Crippen LogP contribution is -2.14. The Bertz CT molecular complexity index is 1600. The van der Waals surface area contributed by atoms with Crippen molar-refractivity contribution in [2.45, 2.75) is 0 Å². The van der Waals surface area contributed by atoms with E-state index in [1.165, 1.54) is 37.5 Å². The summed E-state index contributed by atoms with van der Waals surface area (Å²) in [5.74, 6) is -0.974. The van der Waals surface area contributed by atoms with Crippen molar-refractivity contribution in [3.8, 4) is 17.6 Å². The molecule has 0 bridgehead atoms. The minimum Gasteiger partial charge on any atom is -0.494 e. The van der Waals surface area contributed by atoms with Gasteiger partial charge in [0.25, 0.3) is 11.6 Å². The number of nitriles is 1. The molecule has 9 nitrogen and oxygen atoms in total. The second-order valence-corrected chi connectivity index (χ2v) is 7.75. The van der Waals surface area contributed by atoms with Crippen molar-refractivity contribution in [1.29, 1.82) is 5.26 Å². The van der Waals surface area contributed by atoms with Crippen molar-refractivity contribution < 1.29 is 24.0 Å². The molecule has 0 aromatic heterocycles. The van der Waals surface area contributed by atoms with Gasteiger partial charge in [0.15, 0.2) is 0 Å². The summed E-state index contributed by atoms with van der Waals surface area (Å²) < 4.78 is 10.7. The summed E-state index contributed by atoms with van der Waals surface area (Å²) in [6, 6.07) is 24.7. The van der Waals surface area contributed by atoms with Crippen molar-refractivity contribution in [2.24, 2.45) is 0 Å². The number of benzene rings is 4. The SMILES string of the molecule is COc1cc([N+](=O)[O-])ccc1NC(=O)/C(C#N)=C/c1cccc(OC(=O)c2cccc3ccccc23)c1. The van der Waals surface area contributed by atoms with Gasteiger partial charge in [-0.25, -0.2) is 4.79 Å². The van der Waals surface area contributed by atoms with Gasteiger partial charge in [-0.05, 0) is 46.7 Å². The summed E-state index contributed by atoms with van der Waals surface area (Å²) in [5.41, 5.74) is 0.578. The molecule has 0 spiro atoms. The van der Waals surface area contributed by atoms with Crippen LogP contribution in [0.15, 0.2) is 90.5 Å². The largest absolute Gasteiger partial charge is 0.494 e. The molecule has 4 aromatic rings. The van der Waals surface area contributed by atoms with Gasteiger partial charge in [0.05, 0.1) is 29.4 Å². The van der Waals surface area contributed by atoms with Gasteiger partial charge < -0.3 is 14.8 Å². The molecule has 0 saturated carbocycles. The number of carbonyl (C=O) groups excluding carboxylic acids is 2. The van der Waals surface area contributed by atoms with E-state index in [2.05, 4.69) is 5.32 Å². The molecule has 0 fully saturated rings. The number of non-ortho nitro benzene ring substituents is 1. The predicted octanol–water partition coefficient (Wildman–Crippen LogP) is 5.52. The summed E-state index contributed by atoms with van der Waals surface area (Å²) in [4.78, 5) is 36.0. The summed E-state index contributed by atoms with van der Waals surface area (Å²) in [6.45, 7) is 0. The van der Waals surface area contributed by atoms with E-state index in [0.29, 0.717) is 11.1 Å². The Morgan fingerprint density at radius 2 is 1.76 bits per heavy atom. The normalized spacial score (nSPS) is 10.9. The van der Waals surface area contributed by atoms with E-state index in [9.17, 15) is 25.0 Å². The molecular formula is C28H19N3O6. The zero-order valence-corrected chi connectivity index (χ0v) is 19.5. The van der Waals surface area contributed by atoms with Gasteiger partial charge in [-0.1, -0.05) is 48.5 Å². The zero-order valence-electron chi connectivity index (χ0n) is 19.5. The minimum atomic E-state index is -0.743. The molecule has 0 unspecified atom stereocenters.